The number of unbranched alkanes of at least 4 members (excludes halogenated alkanes) is 1. The molecule has 20 heavy (non-hydrogen) atoms. The standard InChI is InChI=1S/C16H25N3O/c1-3-4-10-19(12-15-6-5-9-17-15)16(20)14-8-7-13(2)18-11-14/h7-8,11,15,17H,3-6,9-10,12H2,1-2H3. The Kier molecular flexibility index (Phi) is 5.53. The lowest BCUT2D eigenvalue weighted by Crippen LogP contribution is -2.41. The summed E-state index contributed by atoms with van der Waals surface area (Å²) in [5.41, 5.74) is 1.64. The molecular weight excluding hydrogens is 250 g/mol. The zero-order valence-electron chi connectivity index (χ0n) is 12.6. The van der Waals surface area contributed by atoms with Crippen molar-refractivity contribution in [2.24, 2.45) is 0 Å². The van der Waals surface area contributed by atoms with Gasteiger partial charge in [0.1, 0.15) is 0 Å². The summed E-state index contributed by atoms with van der Waals surface area (Å²) >= 11 is 0. The van der Waals surface area contributed by atoms with Crippen LogP contribution in [0.3, 0.4) is 0 Å². The zero-order valence-corrected chi connectivity index (χ0v) is 12.6. The van der Waals surface area contributed by atoms with Gasteiger partial charge in [0.25, 0.3) is 5.91 Å². The maximum Gasteiger partial charge on any atom is 0.255 e. The van der Waals surface area contributed by atoms with E-state index in [0.29, 0.717) is 11.6 Å². The van der Waals surface area contributed by atoms with Crippen LogP contribution in [-0.2, 0) is 0 Å². The lowest BCUT2D eigenvalue weighted by molar-refractivity contribution is 0.0739. The van der Waals surface area contributed by atoms with E-state index >= 15 is 0 Å². The van der Waals surface area contributed by atoms with E-state index in [2.05, 4.69) is 17.2 Å². The van der Waals surface area contributed by atoms with E-state index in [-0.39, 0.29) is 5.91 Å². The van der Waals surface area contributed by atoms with Crippen molar-refractivity contribution in [1.82, 2.24) is 15.2 Å². The molecule has 1 N–H and O–H groups in total. The van der Waals surface area contributed by atoms with Crippen LogP contribution in [0.5, 0.6) is 0 Å². The lowest BCUT2D eigenvalue weighted by Gasteiger charge is -2.26. The van der Waals surface area contributed by atoms with Crippen LogP contribution >= 0.6 is 0 Å². The fraction of sp³-hybridized carbons (Fsp3) is 0.625. The van der Waals surface area contributed by atoms with E-state index in [1.165, 1.54) is 12.8 Å². The first-order valence-corrected chi connectivity index (χ1v) is 7.66. The van der Waals surface area contributed by atoms with E-state index in [0.717, 1.165) is 38.2 Å². The molecule has 1 aliphatic rings. The quantitative estimate of drug-likeness (QED) is 0.867. The van der Waals surface area contributed by atoms with Gasteiger partial charge in [0, 0.05) is 31.0 Å². The molecule has 1 amide bonds. The first kappa shape index (κ1) is 15.0. The van der Waals surface area contributed by atoms with Crippen molar-refractivity contribution >= 4 is 5.91 Å². The van der Waals surface area contributed by atoms with Crippen LogP contribution in [0.1, 0.15) is 48.7 Å². The van der Waals surface area contributed by atoms with Crippen LogP contribution in [-0.4, -0.2) is 41.5 Å². The maximum atomic E-state index is 12.6. The number of pyridine rings is 1. The Morgan fingerprint density at radius 1 is 1.50 bits per heavy atom. The minimum atomic E-state index is 0.111. The molecule has 0 bridgehead atoms. The Balaban J connectivity index is 2.03. The summed E-state index contributed by atoms with van der Waals surface area (Å²) in [7, 11) is 0. The van der Waals surface area contributed by atoms with Gasteiger partial charge in [0.15, 0.2) is 0 Å². The van der Waals surface area contributed by atoms with E-state index in [1.807, 2.05) is 24.0 Å². The van der Waals surface area contributed by atoms with E-state index < -0.39 is 0 Å². The highest BCUT2D eigenvalue weighted by atomic mass is 16.2. The molecule has 4 heteroatoms. The molecule has 2 rings (SSSR count). The summed E-state index contributed by atoms with van der Waals surface area (Å²) in [4.78, 5) is 18.8. The maximum absolute atomic E-state index is 12.6. The van der Waals surface area contributed by atoms with Gasteiger partial charge >= 0.3 is 0 Å². The van der Waals surface area contributed by atoms with Gasteiger partial charge in [-0.1, -0.05) is 13.3 Å². The van der Waals surface area contributed by atoms with Crippen molar-refractivity contribution in [2.45, 2.75) is 45.6 Å². The van der Waals surface area contributed by atoms with Gasteiger partial charge in [0.2, 0.25) is 0 Å². The lowest BCUT2D eigenvalue weighted by atomic mass is 10.1. The highest BCUT2D eigenvalue weighted by Gasteiger charge is 2.22. The molecule has 1 unspecified atom stereocenters. The topological polar surface area (TPSA) is 45.2 Å². The minimum Gasteiger partial charge on any atom is -0.337 e. The highest BCUT2D eigenvalue weighted by molar-refractivity contribution is 5.93. The largest absolute Gasteiger partial charge is 0.337 e. The van der Waals surface area contributed by atoms with Gasteiger partial charge < -0.3 is 10.2 Å². The second-order valence-electron chi connectivity index (χ2n) is 5.59. The molecule has 0 aliphatic carbocycles. The summed E-state index contributed by atoms with van der Waals surface area (Å²) in [5, 5.41) is 3.47. The molecule has 110 valence electrons. The first-order chi connectivity index (χ1) is 9.70. The average molecular weight is 275 g/mol. The monoisotopic (exact) mass is 275 g/mol. The van der Waals surface area contributed by atoms with Gasteiger partial charge in [0.05, 0.1) is 5.56 Å². The fourth-order valence-corrected chi connectivity index (χ4v) is 2.58. The molecule has 1 atom stereocenters. The number of aryl methyl sites for hydroxylation is 1. The number of carbonyl (C=O) groups is 1. The Bertz CT molecular complexity index is 424. The van der Waals surface area contributed by atoms with Gasteiger partial charge in [-0.25, -0.2) is 0 Å². The summed E-state index contributed by atoms with van der Waals surface area (Å²) in [6.07, 6.45) is 6.24. The molecule has 2 heterocycles. The Morgan fingerprint density at radius 3 is 2.95 bits per heavy atom. The van der Waals surface area contributed by atoms with Gasteiger partial charge in [-0.15, -0.1) is 0 Å². The molecule has 1 fully saturated rings. The zero-order chi connectivity index (χ0) is 14.4. The number of rotatable bonds is 6. The molecule has 1 aromatic heterocycles. The Morgan fingerprint density at radius 2 is 2.35 bits per heavy atom. The number of carbonyl (C=O) groups excluding carboxylic acids is 1. The molecule has 0 spiro atoms. The second-order valence-corrected chi connectivity index (χ2v) is 5.59. The van der Waals surface area contributed by atoms with Crippen LogP contribution in [0.15, 0.2) is 18.3 Å². The van der Waals surface area contributed by atoms with Crippen molar-refractivity contribution < 1.29 is 4.79 Å². The van der Waals surface area contributed by atoms with Crippen LogP contribution in [0, 0.1) is 6.92 Å². The number of nitrogens with zero attached hydrogens (tertiary/aromatic N) is 2. The molecule has 1 aliphatic heterocycles. The van der Waals surface area contributed by atoms with E-state index in [4.69, 9.17) is 0 Å². The van der Waals surface area contributed by atoms with Gasteiger partial charge in [-0.3, -0.25) is 9.78 Å². The minimum absolute atomic E-state index is 0.111. The summed E-state index contributed by atoms with van der Waals surface area (Å²) in [5.74, 6) is 0.111. The molecule has 0 aromatic carbocycles. The third-order valence-corrected chi connectivity index (χ3v) is 3.83. The fourth-order valence-electron chi connectivity index (χ4n) is 2.58. The Hall–Kier alpha value is -1.42. The number of hydrogen-bond donors (Lipinski definition) is 1. The van der Waals surface area contributed by atoms with Crippen molar-refractivity contribution in [3.8, 4) is 0 Å². The van der Waals surface area contributed by atoms with Crippen LogP contribution in [0.25, 0.3) is 0 Å². The molecule has 4 nitrogen and oxygen atoms in total. The molecule has 0 saturated carbocycles. The van der Waals surface area contributed by atoms with E-state index in [9.17, 15) is 4.79 Å². The summed E-state index contributed by atoms with van der Waals surface area (Å²) < 4.78 is 0. The number of nitrogens with one attached hydrogen (secondary N) is 1. The molecular formula is C16H25N3O. The molecule has 1 aromatic rings. The number of hydrogen-bond acceptors (Lipinski definition) is 3. The normalized spacial score (nSPS) is 18.2. The van der Waals surface area contributed by atoms with Gasteiger partial charge in [-0.05, 0) is 44.9 Å². The highest BCUT2D eigenvalue weighted by Crippen LogP contribution is 2.11. The predicted octanol–water partition coefficient (Wildman–Crippen LogP) is 2.38. The third-order valence-electron chi connectivity index (χ3n) is 3.83. The Labute approximate surface area is 121 Å². The van der Waals surface area contributed by atoms with Crippen LogP contribution in [0.4, 0.5) is 0 Å². The SMILES string of the molecule is CCCCN(CC1CCCN1)C(=O)c1ccc(C)nc1. The number of amides is 1. The van der Waals surface area contributed by atoms with Gasteiger partial charge in [-0.2, -0.15) is 0 Å². The van der Waals surface area contributed by atoms with Crippen molar-refractivity contribution in [3.63, 3.8) is 0 Å². The molecule has 1 saturated heterocycles. The molecule has 0 radical (unpaired) electrons. The first-order valence-electron chi connectivity index (χ1n) is 7.66. The van der Waals surface area contributed by atoms with Crippen molar-refractivity contribution in [2.75, 3.05) is 19.6 Å². The second kappa shape index (κ2) is 7.39. The van der Waals surface area contributed by atoms with Crippen LogP contribution in [0.2, 0.25) is 0 Å². The van der Waals surface area contributed by atoms with Crippen molar-refractivity contribution in [3.05, 3.63) is 29.6 Å². The van der Waals surface area contributed by atoms with Crippen LogP contribution < -0.4 is 5.32 Å². The third kappa shape index (κ3) is 4.04. The predicted molar refractivity (Wildman–Crippen MR) is 80.8 cm³/mol. The van der Waals surface area contributed by atoms with E-state index in [1.54, 1.807) is 6.20 Å². The smallest absolute Gasteiger partial charge is 0.255 e. The summed E-state index contributed by atoms with van der Waals surface area (Å²) in [6.45, 7) is 6.82. The average Bonchev–Trinajstić information content (AvgIpc) is 2.96. The van der Waals surface area contributed by atoms with Crippen molar-refractivity contribution in [1.29, 1.82) is 0 Å². The number of aromatic nitrogens is 1. The summed E-state index contributed by atoms with van der Waals surface area (Å²) in [6, 6.07) is 4.24.